The lowest BCUT2D eigenvalue weighted by Crippen LogP contribution is -2.42. The predicted molar refractivity (Wildman–Crippen MR) is 119 cm³/mol. The number of imide groups is 1. The zero-order valence-corrected chi connectivity index (χ0v) is 18.6. The fourth-order valence-corrected chi connectivity index (χ4v) is 3.52. The van der Waals surface area contributed by atoms with E-state index in [1.165, 1.54) is 0 Å². The Kier molecular flexibility index (Phi) is 6.06. The van der Waals surface area contributed by atoms with E-state index in [4.69, 9.17) is 4.74 Å². The molecule has 2 aromatic rings. The lowest BCUT2D eigenvalue weighted by molar-refractivity contribution is -0.133. The molecule has 2 N–H and O–H groups in total. The van der Waals surface area contributed by atoms with E-state index in [2.05, 4.69) is 31.4 Å². The van der Waals surface area contributed by atoms with Gasteiger partial charge in [-0.2, -0.15) is 0 Å². The van der Waals surface area contributed by atoms with Crippen LogP contribution in [0.3, 0.4) is 0 Å². The molecular weight excluding hydrogens is 394 g/mol. The zero-order valence-electron chi connectivity index (χ0n) is 18.6. The second-order valence-electron chi connectivity index (χ2n) is 8.75. The third-order valence-electron chi connectivity index (χ3n) is 5.37. The summed E-state index contributed by atoms with van der Waals surface area (Å²) in [7, 11) is 0. The van der Waals surface area contributed by atoms with E-state index < -0.39 is 23.4 Å². The maximum absolute atomic E-state index is 13.1. The number of nitrogens with one attached hydrogen (secondary N) is 2. The first-order chi connectivity index (χ1) is 14.6. The minimum Gasteiger partial charge on any atom is -0.492 e. The number of hydrogen-bond acceptors (Lipinski definition) is 4. The van der Waals surface area contributed by atoms with Crippen molar-refractivity contribution >= 4 is 23.5 Å². The maximum Gasteiger partial charge on any atom is 0.325 e. The highest BCUT2D eigenvalue weighted by atomic mass is 16.5. The van der Waals surface area contributed by atoms with Crippen molar-refractivity contribution in [3.05, 3.63) is 59.7 Å². The summed E-state index contributed by atoms with van der Waals surface area (Å²) >= 11 is 0. The molecule has 7 nitrogen and oxygen atoms in total. The first kappa shape index (κ1) is 22.3. The van der Waals surface area contributed by atoms with Gasteiger partial charge in [-0.1, -0.05) is 57.2 Å². The minimum absolute atomic E-state index is 0.0235. The molecule has 31 heavy (non-hydrogen) atoms. The number of hydrogen-bond donors (Lipinski definition) is 2. The standard InChI is InChI=1S/C24H29N3O4/c1-6-31-19-10-8-7-9-18(19)25-20(28)15-27-21(29)24(5,26-22(27)30)17-13-11-16(12-14-17)23(2,3)4/h7-14H,6,15H2,1-5H3,(H,25,28)(H,26,30). The van der Waals surface area contributed by atoms with Gasteiger partial charge in [0.25, 0.3) is 5.91 Å². The van der Waals surface area contributed by atoms with E-state index >= 15 is 0 Å². The first-order valence-corrected chi connectivity index (χ1v) is 10.3. The molecule has 2 aromatic carbocycles. The largest absolute Gasteiger partial charge is 0.492 e. The molecule has 164 valence electrons. The van der Waals surface area contributed by atoms with Gasteiger partial charge < -0.3 is 15.4 Å². The molecule has 4 amide bonds. The van der Waals surface area contributed by atoms with Crippen LogP contribution in [0.5, 0.6) is 5.75 Å². The fourth-order valence-electron chi connectivity index (χ4n) is 3.52. The van der Waals surface area contributed by atoms with E-state index in [1.807, 2.05) is 31.2 Å². The SMILES string of the molecule is CCOc1ccccc1NC(=O)CN1C(=O)NC(C)(c2ccc(C(C)(C)C)cc2)C1=O. The molecule has 1 fully saturated rings. The van der Waals surface area contributed by atoms with Crippen molar-refractivity contribution in [1.82, 2.24) is 10.2 Å². The Labute approximate surface area is 182 Å². The number of anilines is 1. The number of benzene rings is 2. The minimum atomic E-state index is -1.23. The van der Waals surface area contributed by atoms with Crippen molar-refractivity contribution in [2.75, 3.05) is 18.5 Å². The van der Waals surface area contributed by atoms with Crippen molar-refractivity contribution in [3.63, 3.8) is 0 Å². The van der Waals surface area contributed by atoms with Crippen molar-refractivity contribution in [2.45, 2.75) is 45.6 Å². The number of ether oxygens (including phenoxy) is 1. The topological polar surface area (TPSA) is 87.7 Å². The van der Waals surface area contributed by atoms with Gasteiger partial charge >= 0.3 is 6.03 Å². The van der Waals surface area contributed by atoms with Gasteiger partial charge in [-0.25, -0.2) is 4.79 Å². The average molecular weight is 424 g/mol. The summed E-state index contributed by atoms with van der Waals surface area (Å²) in [6, 6.07) is 14.0. The number of urea groups is 1. The quantitative estimate of drug-likeness (QED) is 0.692. The molecular formula is C24H29N3O4. The number of nitrogens with zero attached hydrogens (tertiary/aromatic N) is 1. The summed E-state index contributed by atoms with van der Waals surface area (Å²) in [6.07, 6.45) is 0. The molecule has 0 aromatic heterocycles. The molecule has 7 heteroatoms. The van der Waals surface area contributed by atoms with Crippen LogP contribution < -0.4 is 15.4 Å². The van der Waals surface area contributed by atoms with Crippen molar-refractivity contribution < 1.29 is 19.1 Å². The van der Waals surface area contributed by atoms with Crippen molar-refractivity contribution in [2.24, 2.45) is 0 Å². The van der Waals surface area contributed by atoms with Gasteiger partial charge in [0, 0.05) is 0 Å². The first-order valence-electron chi connectivity index (χ1n) is 10.3. The smallest absolute Gasteiger partial charge is 0.325 e. The molecule has 1 saturated heterocycles. The van der Waals surface area contributed by atoms with Crippen LogP contribution in [-0.4, -0.2) is 35.9 Å². The van der Waals surface area contributed by atoms with E-state index in [-0.39, 0.29) is 12.0 Å². The van der Waals surface area contributed by atoms with Gasteiger partial charge in [-0.15, -0.1) is 0 Å². The summed E-state index contributed by atoms with van der Waals surface area (Å²) < 4.78 is 5.50. The molecule has 3 rings (SSSR count). The molecule has 1 heterocycles. The van der Waals surface area contributed by atoms with Gasteiger partial charge in [0.15, 0.2) is 0 Å². The summed E-state index contributed by atoms with van der Waals surface area (Å²) in [5, 5.41) is 5.45. The monoisotopic (exact) mass is 423 g/mol. The Morgan fingerprint density at radius 1 is 1.10 bits per heavy atom. The van der Waals surface area contributed by atoms with Crippen LogP contribution in [0.25, 0.3) is 0 Å². The molecule has 0 spiro atoms. The highest BCUT2D eigenvalue weighted by molar-refractivity contribution is 6.10. The summed E-state index contributed by atoms with van der Waals surface area (Å²) in [4.78, 5) is 39.2. The van der Waals surface area contributed by atoms with Gasteiger partial charge in [0.2, 0.25) is 5.91 Å². The number of rotatable bonds is 6. The Balaban J connectivity index is 1.75. The third-order valence-corrected chi connectivity index (χ3v) is 5.37. The molecule has 0 saturated carbocycles. The van der Waals surface area contributed by atoms with Crippen LogP contribution in [0, 0.1) is 0 Å². The second kappa shape index (κ2) is 8.41. The molecule has 1 aliphatic rings. The lowest BCUT2D eigenvalue weighted by Gasteiger charge is -2.24. The molecule has 1 atom stereocenters. The predicted octanol–water partition coefficient (Wildman–Crippen LogP) is 3.79. The Bertz CT molecular complexity index is 995. The third kappa shape index (κ3) is 4.55. The zero-order chi connectivity index (χ0) is 22.8. The summed E-state index contributed by atoms with van der Waals surface area (Å²) in [5.41, 5.74) is 1.03. The van der Waals surface area contributed by atoms with Crippen LogP contribution in [0.2, 0.25) is 0 Å². The summed E-state index contributed by atoms with van der Waals surface area (Å²) in [5.74, 6) is -0.420. The number of carbonyl (C=O) groups excluding carboxylic acids is 3. The molecule has 1 unspecified atom stereocenters. The highest BCUT2D eigenvalue weighted by Crippen LogP contribution is 2.31. The van der Waals surface area contributed by atoms with Crippen LogP contribution >= 0.6 is 0 Å². The van der Waals surface area contributed by atoms with Gasteiger partial charge in [-0.05, 0) is 42.5 Å². The van der Waals surface area contributed by atoms with Crippen molar-refractivity contribution in [1.29, 1.82) is 0 Å². The van der Waals surface area contributed by atoms with Crippen LogP contribution in [0.15, 0.2) is 48.5 Å². The Morgan fingerprint density at radius 3 is 2.35 bits per heavy atom. The normalized spacial score (nSPS) is 18.7. The van der Waals surface area contributed by atoms with Gasteiger partial charge in [-0.3, -0.25) is 14.5 Å². The van der Waals surface area contributed by atoms with E-state index in [0.29, 0.717) is 23.6 Å². The van der Waals surface area contributed by atoms with Gasteiger partial charge in [0.1, 0.15) is 17.8 Å². The maximum atomic E-state index is 13.1. The highest BCUT2D eigenvalue weighted by Gasteiger charge is 2.49. The van der Waals surface area contributed by atoms with E-state index in [9.17, 15) is 14.4 Å². The van der Waals surface area contributed by atoms with Crippen LogP contribution in [0.1, 0.15) is 45.7 Å². The number of amides is 4. The fraction of sp³-hybridized carbons (Fsp3) is 0.375. The Hall–Kier alpha value is -3.35. The van der Waals surface area contributed by atoms with Crippen molar-refractivity contribution in [3.8, 4) is 5.75 Å². The molecule has 0 bridgehead atoms. The van der Waals surface area contributed by atoms with E-state index in [1.54, 1.807) is 31.2 Å². The molecule has 0 aliphatic carbocycles. The lowest BCUT2D eigenvalue weighted by atomic mass is 9.84. The number of carbonyl (C=O) groups is 3. The van der Waals surface area contributed by atoms with E-state index in [0.717, 1.165) is 10.5 Å². The Morgan fingerprint density at radius 2 is 1.74 bits per heavy atom. The molecule has 0 radical (unpaired) electrons. The van der Waals surface area contributed by atoms with Crippen LogP contribution in [0.4, 0.5) is 10.5 Å². The average Bonchev–Trinajstić information content (AvgIpc) is 2.93. The second-order valence-corrected chi connectivity index (χ2v) is 8.75. The number of para-hydroxylation sites is 2. The molecule has 1 aliphatic heterocycles. The van der Waals surface area contributed by atoms with Crippen LogP contribution in [-0.2, 0) is 20.5 Å². The van der Waals surface area contributed by atoms with Gasteiger partial charge in [0.05, 0.1) is 12.3 Å². The summed E-state index contributed by atoms with van der Waals surface area (Å²) in [6.45, 7) is 9.89.